The highest BCUT2D eigenvalue weighted by Gasteiger charge is 2.28. The molecular formula is C23H30ClN3O3S. The van der Waals surface area contributed by atoms with Crippen LogP contribution in [0.25, 0.3) is 0 Å². The van der Waals surface area contributed by atoms with Crippen LogP contribution < -0.4 is 15.8 Å². The van der Waals surface area contributed by atoms with Crippen LogP contribution in [0.4, 0.5) is 5.69 Å². The molecule has 1 aliphatic heterocycles. The molecule has 3 rings (SSSR count). The fourth-order valence-electron chi connectivity index (χ4n) is 4.28. The molecule has 2 heterocycles. The van der Waals surface area contributed by atoms with Crippen molar-refractivity contribution in [3.05, 3.63) is 61.5 Å². The maximum atomic E-state index is 13.0. The molecule has 2 N–H and O–H groups in total. The number of H-pyrrole nitrogens is 1. The molecule has 168 valence electrons. The first-order chi connectivity index (χ1) is 14.7. The summed E-state index contributed by atoms with van der Waals surface area (Å²) < 4.78 is 11.8. The zero-order valence-corrected chi connectivity index (χ0v) is 20.1. The first kappa shape index (κ1) is 23.7. The van der Waals surface area contributed by atoms with Crippen LogP contribution >= 0.6 is 11.6 Å². The van der Waals surface area contributed by atoms with Gasteiger partial charge in [0.15, 0.2) is 0 Å². The minimum absolute atomic E-state index is 0.146. The number of nitrogens with one attached hydrogen (secondary N) is 2. The number of hydrogen-bond acceptors (Lipinski definition) is 4. The van der Waals surface area contributed by atoms with Crippen LogP contribution in [0.3, 0.4) is 0 Å². The Morgan fingerprint density at radius 2 is 1.94 bits per heavy atom. The third kappa shape index (κ3) is 5.45. The molecule has 0 spiro atoms. The predicted molar refractivity (Wildman–Crippen MR) is 128 cm³/mol. The zero-order valence-electron chi connectivity index (χ0n) is 18.5. The van der Waals surface area contributed by atoms with Crippen molar-refractivity contribution in [3.8, 4) is 0 Å². The third-order valence-corrected chi connectivity index (χ3v) is 7.56. The van der Waals surface area contributed by atoms with Gasteiger partial charge in [0.25, 0.3) is 11.5 Å². The number of hydrogen-bond donors (Lipinski definition) is 2. The van der Waals surface area contributed by atoms with Gasteiger partial charge in [0.1, 0.15) is 11.5 Å². The lowest BCUT2D eigenvalue weighted by Crippen LogP contribution is -2.42. The Bertz CT molecular complexity index is 1020. The number of anilines is 1. The molecule has 0 saturated carbocycles. The number of aromatic nitrogens is 1. The summed E-state index contributed by atoms with van der Waals surface area (Å²) in [4.78, 5) is 30.3. The zero-order chi connectivity index (χ0) is 22.7. The van der Waals surface area contributed by atoms with Crippen LogP contribution in [0.15, 0.2) is 23.0 Å². The third-order valence-electron chi connectivity index (χ3n) is 5.96. The quantitative estimate of drug-likeness (QED) is 0.640. The minimum Gasteiger partial charge on any atom is -0.616 e. The molecule has 0 unspecified atom stereocenters. The van der Waals surface area contributed by atoms with E-state index >= 15 is 0 Å². The van der Waals surface area contributed by atoms with E-state index in [9.17, 15) is 14.1 Å². The second-order valence-corrected chi connectivity index (χ2v) is 10.2. The number of nitrogens with zero attached hydrogens (tertiary/aromatic N) is 1. The number of pyridine rings is 1. The van der Waals surface area contributed by atoms with Crippen molar-refractivity contribution in [2.75, 3.05) is 23.0 Å². The SMILES string of the molecule is CCN(c1cc(Cl)cc(C(=O)NCc2c(C)cc(C)[nH]c2=O)c1C)[C@H]1CC[S@+]([O-])CC1. The maximum Gasteiger partial charge on any atom is 0.253 e. The van der Waals surface area contributed by atoms with Gasteiger partial charge in [-0.1, -0.05) is 22.8 Å². The molecule has 0 radical (unpaired) electrons. The number of rotatable bonds is 6. The van der Waals surface area contributed by atoms with Gasteiger partial charge >= 0.3 is 0 Å². The van der Waals surface area contributed by atoms with E-state index in [-0.39, 0.29) is 24.1 Å². The first-order valence-corrected chi connectivity index (χ1v) is 12.5. The van der Waals surface area contributed by atoms with E-state index in [1.54, 1.807) is 6.07 Å². The van der Waals surface area contributed by atoms with Crippen molar-refractivity contribution in [2.24, 2.45) is 0 Å². The summed E-state index contributed by atoms with van der Waals surface area (Å²) in [7, 11) is 0. The van der Waals surface area contributed by atoms with E-state index < -0.39 is 11.2 Å². The molecule has 0 atom stereocenters. The lowest BCUT2D eigenvalue weighted by molar-refractivity contribution is 0.0950. The average Bonchev–Trinajstić information content (AvgIpc) is 2.71. The van der Waals surface area contributed by atoms with Crippen molar-refractivity contribution in [1.82, 2.24) is 10.3 Å². The molecule has 1 aliphatic rings. The van der Waals surface area contributed by atoms with Crippen LogP contribution in [-0.4, -0.2) is 39.5 Å². The number of aryl methyl sites for hydroxylation is 2. The van der Waals surface area contributed by atoms with Crippen molar-refractivity contribution in [2.45, 2.75) is 53.1 Å². The molecule has 6 nitrogen and oxygen atoms in total. The van der Waals surface area contributed by atoms with Crippen LogP contribution in [0, 0.1) is 20.8 Å². The van der Waals surface area contributed by atoms with E-state index in [2.05, 4.69) is 22.1 Å². The highest BCUT2D eigenvalue weighted by Crippen LogP contribution is 2.32. The maximum absolute atomic E-state index is 13.0. The second-order valence-electron chi connectivity index (χ2n) is 8.09. The first-order valence-electron chi connectivity index (χ1n) is 10.6. The average molecular weight is 464 g/mol. The molecule has 31 heavy (non-hydrogen) atoms. The van der Waals surface area contributed by atoms with Gasteiger partial charge < -0.3 is 19.8 Å². The normalized spacial score (nSPS) is 18.6. The van der Waals surface area contributed by atoms with Gasteiger partial charge in [-0.3, -0.25) is 9.59 Å². The van der Waals surface area contributed by atoms with E-state index in [4.69, 9.17) is 11.6 Å². The molecule has 0 bridgehead atoms. The lowest BCUT2D eigenvalue weighted by Gasteiger charge is -2.37. The largest absolute Gasteiger partial charge is 0.616 e. The lowest BCUT2D eigenvalue weighted by atomic mass is 10.0. The summed E-state index contributed by atoms with van der Waals surface area (Å²) >= 11 is 5.68. The van der Waals surface area contributed by atoms with Gasteiger partial charge in [0, 0.05) is 59.5 Å². The molecule has 8 heteroatoms. The van der Waals surface area contributed by atoms with Crippen molar-refractivity contribution < 1.29 is 9.35 Å². The van der Waals surface area contributed by atoms with Gasteiger partial charge in [0.2, 0.25) is 0 Å². The summed E-state index contributed by atoms with van der Waals surface area (Å²) in [5.74, 6) is 1.15. The van der Waals surface area contributed by atoms with Gasteiger partial charge in [-0.2, -0.15) is 0 Å². The summed E-state index contributed by atoms with van der Waals surface area (Å²) in [6.45, 7) is 8.62. The van der Waals surface area contributed by atoms with Gasteiger partial charge in [0.05, 0.1) is 0 Å². The van der Waals surface area contributed by atoms with Crippen LogP contribution in [0.5, 0.6) is 0 Å². The summed E-state index contributed by atoms with van der Waals surface area (Å²) in [5.41, 5.74) is 4.28. The Labute approximate surface area is 191 Å². The van der Waals surface area contributed by atoms with E-state index in [0.717, 1.165) is 41.9 Å². The van der Waals surface area contributed by atoms with Crippen LogP contribution in [0.2, 0.25) is 5.02 Å². The molecule has 1 aromatic heterocycles. The number of benzene rings is 1. The topological polar surface area (TPSA) is 88.3 Å². The summed E-state index contributed by atoms with van der Waals surface area (Å²) in [6, 6.07) is 5.75. The van der Waals surface area contributed by atoms with Crippen molar-refractivity contribution in [1.29, 1.82) is 0 Å². The van der Waals surface area contributed by atoms with Crippen molar-refractivity contribution >= 4 is 34.4 Å². The van der Waals surface area contributed by atoms with E-state index in [0.29, 0.717) is 27.7 Å². The molecule has 1 fully saturated rings. The van der Waals surface area contributed by atoms with Gasteiger partial charge in [-0.25, -0.2) is 0 Å². The minimum atomic E-state index is -0.729. The van der Waals surface area contributed by atoms with Crippen LogP contribution in [-0.2, 0) is 17.7 Å². The highest BCUT2D eigenvalue weighted by molar-refractivity contribution is 7.91. The predicted octanol–water partition coefficient (Wildman–Crippen LogP) is 3.62. The fourth-order valence-corrected chi connectivity index (χ4v) is 5.77. The van der Waals surface area contributed by atoms with Crippen molar-refractivity contribution in [3.63, 3.8) is 0 Å². The van der Waals surface area contributed by atoms with Crippen LogP contribution in [0.1, 0.15) is 52.5 Å². The molecular weight excluding hydrogens is 434 g/mol. The number of carbonyl (C=O) groups is 1. The Kier molecular flexibility index (Phi) is 7.73. The Morgan fingerprint density at radius 3 is 2.55 bits per heavy atom. The second kappa shape index (κ2) is 10.1. The number of halogens is 1. The highest BCUT2D eigenvalue weighted by atomic mass is 35.5. The molecule has 1 amide bonds. The monoisotopic (exact) mass is 463 g/mol. The molecule has 1 aromatic carbocycles. The van der Waals surface area contributed by atoms with Gasteiger partial charge in [-0.15, -0.1) is 0 Å². The fraction of sp³-hybridized carbons (Fsp3) is 0.478. The molecule has 0 aliphatic carbocycles. The Balaban J connectivity index is 1.84. The van der Waals surface area contributed by atoms with E-state index in [1.807, 2.05) is 32.9 Å². The van der Waals surface area contributed by atoms with E-state index in [1.165, 1.54) is 0 Å². The summed E-state index contributed by atoms with van der Waals surface area (Å²) in [6.07, 6.45) is 1.73. The number of aromatic amines is 1. The smallest absolute Gasteiger partial charge is 0.253 e. The number of amides is 1. The summed E-state index contributed by atoms with van der Waals surface area (Å²) in [5, 5.41) is 3.37. The Morgan fingerprint density at radius 1 is 1.26 bits per heavy atom. The number of carbonyl (C=O) groups excluding carboxylic acids is 1. The standard InChI is InChI=1S/C23H30ClN3O3S/c1-5-27(18-6-8-31(30)9-7-18)21-12-17(24)11-19(16(21)4)22(28)25-13-20-14(2)10-15(3)26-23(20)29/h10-12,18H,5-9,13H2,1-4H3,(H,25,28)(H,26,29)/t18-,31-. The Hall–Kier alpha value is -1.96. The molecule has 1 saturated heterocycles. The van der Waals surface area contributed by atoms with Gasteiger partial charge in [-0.05, 0) is 57.0 Å². The molecule has 2 aromatic rings.